The topological polar surface area (TPSA) is 94.5 Å². The molecule has 0 bridgehead atoms. The van der Waals surface area contributed by atoms with Gasteiger partial charge in [0, 0.05) is 25.6 Å². The number of ether oxygens (including phenoxy) is 4. The second kappa shape index (κ2) is 9.15. The number of aliphatic hydroxyl groups is 1. The summed E-state index contributed by atoms with van der Waals surface area (Å²) >= 11 is 0. The molecule has 0 aromatic heterocycles. The number of nitrogens with zero attached hydrogens (tertiary/aromatic N) is 1. The molecule has 0 saturated carbocycles. The van der Waals surface area contributed by atoms with Crippen LogP contribution in [0.5, 0.6) is 17.2 Å². The first kappa shape index (κ1) is 22.7. The van der Waals surface area contributed by atoms with E-state index in [0.29, 0.717) is 29.0 Å². The van der Waals surface area contributed by atoms with Crippen LogP contribution in [0.3, 0.4) is 0 Å². The van der Waals surface area contributed by atoms with Crippen LogP contribution in [0.25, 0.3) is 5.76 Å². The molecule has 1 fully saturated rings. The Morgan fingerprint density at radius 1 is 1.09 bits per heavy atom. The third-order valence-electron chi connectivity index (χ3n) is 5.97. The lowest BCUT2D eigenvalue weighted by atomic mass is 9.94. The number of Topliss-reactive ketones (excluding diaryl/α,β-unsaturated/α-hetero) is 1. The minimum absolute atomic E-state index is 0.0234. The van der Waals surface area contributed by atoms with Gasteiger partial charge < -0.3 is 29.0 Å². The zero-order chi connectivity index (χ0) is 23.7. The fourth-order valence-corrected chi connectivity index (χ4v) is 4.39. The predicted octanol–water partition coefficient (Wildman–Crippen LogP) is 3.10. The molecule has 8 nitrogen and oxygen atoms in total. The summed E-state index contributed by atoms with van der Waals surface area (Å²) in [5, 5.41) is 11.3. The van der Waals surface area contributed by atoms with Gasteiger partial charge >= 0.3 is 0 Å². The number of benzene rings is 2. The number of likely N-dealkylation sites (tertiary alicyclic amines) is 1. The van der Waals surface area contributed by atoms with E-state index in [1.807, 2.05) is 13.0 Å². The molecule has 2 aliphatic rings. The number of aliphatic hydroxyl groups excluding tert-OH is 1. The number of methoxy groups -OCH3 is 3. The first-order chi connectivity index (χ1) is 15.9. The Morgan fingerprint density at radius 3 is 2.55 bits per heavy atom. The van der Waals surface area contributed by atoms with E-state index in [1.54, 1.807) is 30.3 Å². The van der Waals surface area contributed by atoms with E-state index in [-0.39, 0.29) is 30.6 Å². The van der Waals surface area contributed by atoms with Crippen molar-refractivity contribution in [3.8, 4) is 17.2 Å². The molecule has 33 heavy (non-hydrogen) atoms. The van der Waals surface area contributed by atoms with Crippen LogP contribution in [0.1, 0.15) is 29.7 Å². The standard InChI is InChI=1S/C25H27NO7/c1-14-11-17-12-16(6-7-18(17)33-14)23(27)21-22(26(9-10-30-2)25(29)24(21)28)15-5-8-19(31-3)20(13-15)32-4/h5-8,12-14,22,27H,9-11H2,1-4H3/t14-,22+/m1/s1. The highest BCUT2D eigenvalue weighted by Crippen LogP contribution is 2.42. The van der Waals surface area contributed by atoms with E-state index in [0.717, 1.165) is 11.3 Å². The number of rotatable bonds is 7. The molecule has 2 heterocycles. The van der Waals surface area contributed by atoms with Crippen LogP contribution in [-0.2, 0) is 20.7 Å². The van der Waals surface area contributed by atoms with Gasteiger partial charge in [-0.05, 0) is 48.4 Å². The molecule has 2 aromatic carbocycles. The molecule has 2 aromatic rings. The van der Waals surface area contributed by atoms with Gasteiger partial charge in [-0.1, -0.05) is 6.07 Å². The second-order valence-electron chi connectivity index (χ2n) is 8.05. The maximum Gasteiger partial charge on any atom is 0.295 e. The average molecular weight is 453 g/mol. The Morgan fingerprint density at radius 2 is 1.85 bits per heavy atom. The van der Waals surface area contributed by atoms with Crippen molar-refractivity contribution in [1.29, 1.82) is 0 Å². The fraction of sp³-hybridized carbons (Fsp3) is 0.360. The third kappa shape index (κ3) is 4.02. The molecule has 0 spiro atoms. The zero-order valence-electron chi connectivity index (χ0n) is 19.1. The maximum atomic E-state index is 13.1. The highest BCUT2D eigenvalue weighted by molar-refractivity contribution is 6.46. The third-order valence-corrected chi connectivity index (χ3v) is 5.97. The molecule has 174 valence electrons. The van der Waals surface area contributed by atoms with Crippen molar-refractivity contribution in [2.75, 3.05) is 34.5 Å². The van der Waals surface area contributed by atoms with Crippen LogP contribution in [0.2, 0.25) is 0 Å². The summed E-state index contributed by atoms with van der Waals surface area (Å²) in [5.41, 5.74) is 2.04. The van der Waals surface area contributed by atoms with Crippen molar-refractivity contribution < 1.29 is 33.6 Å². The summed E-state index contributed by atoms with van der Waals surface area (Å²) in [6.45, 7) is 2.40. The van der Waals surface area contributed by atoms with Crippen LogP contribution in [0, 0.1) is 0 Å². The predicted molar refractivity (Wildman–Crippen MR) is 121 cm³/mol. The maximum absolute atomic E-state index is 13.1. The highest BCUT2D eigenvalue weighted by atomic mass is 16.5. The summed E-state index contributed by atoms with van der Waals surface area (Å²) < 4.78 is 21.6. The Kier molecular flexibility index (Phi) is 6.29. The number of carbonyl (C=O) groups is 2. The van der Waals surface area contributed by atoms with Crippen LogP contribution in [-0.4, -0.2) is 62.3 Å². The van der Waals surface area contributed by atoms with Gasteiger partial charge in [-0.15, -0.1) is 0 Å². The lowest BCUT2D eigenvalue weighted by Gasteiger charge is -2.25. The number of amides is 1. The van der Waals surface area contributed by atoms with Gasteiger partial charge in [0.2, 0.25) is 0 Å². The summed E-state index contributed by atoms with van der Waals surface area (Å²) in [7, 11) is 4.56. The second-order valence-corrected chi connectivity index (χ2v) is 8.05. The normalized spacial score (nSPS) is 21.2. The van der Waals surface area contributed by atoms with Gasteiger partial charge in [-0.25, -0.2) is 0 Å². The van der Waals surface area contributed by atoms with Crippen molar-refractivity contribution in [3.05, 3.63) is 58.7 Å². The number of carbonyl (C=O) groups excluding carboxylic acids is 2. The van der Waals surface area contributed by atoms with Gasteiger partial charge in [0.05, 0.1) is 32.4 Å². The Balaban J connectivity index is 1.85. The summed E-state index contributed by atoms with van der Waals surface area (Å²) in [6.07, 6.45) is 0.751. The first-order valence-corrected chi connectivity index (χ1v) is 10.7. The number of ketones is 1. The smallest absolute Gasteiger partial charge is 0.295 e. The molecule has 4 rings (SSSR count). The molecule has 1 amide bonds. The number of hydrogen-bond donors (Lipinski definition) is 1. The molecule has 2 aliphatic heterocycles. The van der Waals surface area contributed by atoms with E-state index in [1.165, 1.54) is 26.2 Å². The Bertz CT molecular complexity index is 1120. The molecule has 2 atom stereocenters. The van der Waals surface area contributed by atoms with Crippen LogP contribution < -0.4 is 14.2 Å². The van der Waals surface area contributed by atoms with Gasteiger partial charge in [-0.2, -0.15) is 0 Å². The van der Waals surface area contributed by atoms with Gasteiger partial charge in [0.1, 0.15) is 17.6 Å². The molecule has 1 saturated heterocycles. The van der Waals surface area contributed by atoms with E-state index in [4.69, 9.17) is 18.9 Å². The largest absolute Gasteiger partial charge is 0.507 e. The van der Waals surface area contributed by atoms with Gasteiger partial charge in [0.15, 0.2) is 11.5 Å². The molecule has 0 aliphatic carbocycles. The van der Waals surface area contributed by atoms with Crippen molar-refractivity contribution in [2.45, 2.75) is 25.5 Å². The molecule has 0 radical (unpaired) electrons. The monoisotopic (exact) mass is 453 g/mol. The van der Waals surface area contributed by atoms with E-state index >= 15 is 0 Å². The van der Waals surface area contributed by atoms with Crippen LogP contribution >= 0.6 is 0 Å². The lowest BCUT2D eigenvalue weighted by molar-refractivity contribution is -0.140. The first-order valence-electron chi connectivity index (χ1n) is 10.7. The lowest BCUT2D eigenvalue weighted by Crippen LogP contribution is -2.32. The fourth-order valence-electron chi connectivity index (χ4n) is 4.39. The molecular formula is C25H27NO7. The van der Waals surface area contributed by atoms with Crippen LogP contribution in [0.4, 0.5) is 0 Å². The van der Waals surface area contributed by atoms with Crippen molar-refractivity contribution in [1.82, 2.24) is 4.90 Å². The van der Waals surface area contributed by atoms with E-state index in [9.17, 15) is 14.7 Å². The zero-order valence-corrected chi connectivity index (χ0v) is 19.1. The number of fused-ring (bicyclic) bond motifs is 1. The summed E-state index contributed by atoms with van der Waals surface area (Å²) in [6, 6.07) is 9.65. The quantitative estimate of drug-likeness (QED) is 0.391. The Hall–Kier alpha value is -3.52. The number of hydrogen-bond acceptors (Lipinski definition) is 7. The minimum atomic E-state index is -0.802. The average Bonchev–Trinajstić information content (AvgIpc) is 3.32. The molecular weight excluding hydrogens is 426 g/mol. The van der Waals surface area contributed by atoms with Crippen LogP contribution in [0.15, 0.2) is 42.0 Å². The summed E-state index contributed by atoms with van der Waals surface area (Å²) in [4.78, 5) is 27.5. The minimum Gasteiger partial charge on any atom is -0.507 e. The Labute approximate surface area is 192 Å². The van der Waals surface area contributed by atoms with Gasteiger partial charge in [0.25, 0.3) is 11.7 Å². The van der Waals surface area contributed by atoms with E-state index < -0.39 is 17.7 Å². The van der Waals surface area contributed by atoms with Crippen molar-refractivity contribution >= 4 is 17.4 Å². The van der Waals surface area contributed by atoms with Gasteiger partial charge in [-0.3, -0.25) is 9.59 Å². The van der Waals surface area contributed by atoms with E-state index in [2.05, 4.69) is 0 Å². The summed E-state index contributed by atoms with van der Waals surface area (Å²) in [5.74, 6) is 0.0743. The highest BCUT2D eigenvalue weighted by Gasteiger charge is 2.46. The van der Waals surface area contributed by atoms with Crippen molar-refractivity contribution in [2.24, 2.45) is 0 Å². The molecule has 1 N–H and O–H groups in total. The van der Waals surface area contributed by atoms with Crippen molar-refractivity contribution in [3.63, 3.8) is 0 Å². The SMILES string of the molecule is COCCN1C(=O)C(=O)C(=C(O)c2ccc3c(c2)C[C@@H](C)O3)[C@@H]1c1ccc(OC)c(OC)c1. The molecule has 0 unspecified atom stereocenters. The molecule has 8 heteroatoms.